The Morgan fingerprint density at radius 3 is 2.56 bits per heavy atom. The summed E-state index contributed by atoms with van der Waals surface area (Å²) in [5, 5.41) is 2.71. The number of benzene rings is 1. The molecule has 27 heavy (non-hydrogen) atoms. The highest BCUT2D eigenvalue weighted by molar-refractivity contribution is 7.09. The van der Waals surface area contributed by atoms with Crippen LogP contribution in [0.4, 0.5) is 5.82 Å². The lowest BCUT2D eigenvalue weighted by molar-refractivity contribution is -0.124. The number of ether oxygens (including phenoxy) is 1. The molecule has 140 valence electrons. The third-order valence-electron chi connectivity index (χ3n) is 4.16. The summed E-state index contributed by atoms with van der Waals surface area (Å²) >= 11 is 7.83. The van der Waals surface area contributed by atoms with Crippen molar-refractivity contribution >= 4 is 34.7 Å². The Bertz CT molecular complexity index is 890. The largest absolute Gasteiger partial charge is 0.481 e. The van der Waals surface area contributed by atoms with Gasteiger partial charge in [0, 0.05) is 16.1 Å². The van der Waals surface area contributed by atoms with Crippen LogP contribution in [-0.4, -0.2) is 17.0 Å². The number of thiophene rings is 1. The lowest BCUT2D eigenvalue weighted by Crippen LogP contribution is -2.40. The number of carbonyl (C=O) groups excluding carboxylic acids is 1. The molecule has 4 nitrogen and oxygen atoms in total. The molecule has 0 aliphatic carbocycles. The van der Waals surface area contributed by atoms with E-state index in [4.69, 9.17) is 16.3 Å². The molecule has 0 bridgehead atoms. The van der Waals surface area contributed by atoms with Crippen molar-refractivity contribution < 1.29 is 9.53 Å². The van der Waals surface area contributed by atoms with Crippen LogP contribution in [0.1, 0.15) is 22.9 Å². The number of anilines is 1. The van der Waals surface area contributed by atoms with Crippen LogP contribution in [0.3, 0.4) is 0 Å². The molecule has 2 aromatic heterocycles. The van der Waals surface area contributed by atoms with Gasteiger partial charge in [0.15, 0.2) is 6.10 Å². The zero-order valence-corrected chi connectivity index (χ0v) is 17.1. The molecule has 1 atom stereocenters. The molecule has 0 spiro atoms. The van der Waals surface area contributed by atoms with E-state index in [9.17, 15) is 4.79 Å². The van der Waals surface area contributed by atoms with Crippen LogP contribution in [-0.2, 0) is 11.3 Å². The topological polar surface area (TPSA) is 42.4 Å². The van der Waals surface area contributed by atoms with E-state index >= 15 is 0 Å². The molecule has 0 saturated carbocycles. The molecule has 0 aliphatic heterocycles. The van der Waals surface area contributed by atoms with Crippen molar-refractivity contribution in [3.8, 4) is 5.75 Å². The molecular formula is C21H21ClN2O2S. The van der Waals surface area contributed by atoms with Gasteiger partial charge in [-0.2, -0.15) is 0 Å². The maximum atomic E-state index is 13.2. The van der Waals surface area contributed by atoms with Crippen molar-refractivity contribution in [3.63, 3.8) is 0 Å². The molecule has 0 N–H and O–H groups in total. The second-order valence-electron chi connectivity index (χ2n) is 6.32. The Labute approximate surface area is 168 Å². The van der Waals surface area contributed by atoms with Gasteiger partial charge in [-0.1, -0.05) is 23.7 Å². The zero-order chi connectivity index (χ0) is 19.4. The van der Waals surface area contributed by atoms with Crippen molar-refractivity contribution in [2.45, 2.75) is 33.4 Å². The standard InChI is InChI=1S/C21H21ClN2O2S/c1-14-11-17(12-15(2)20(14)22)26-16(3)21(25)24(13-18-7-6-10-27-18)19-8-4-5-9-23-19/h4-12,16H,13H2,1-3H3/t16-/m1/s1. The second-order valence-corrected chi connectivity index (χ2v) is 7.73. The van der Waals surface area contributed by atoms with Gasteiger partial charge in [0.1, 0.15) is 11.6 Å². The molecule has 0 radical (unpaired) electrons. The van der Waals surface area contributed by atoms with Gasteiger partial charge in [-0.05, 0) is 67.6 Å². The quantitative estimate of drug-likeness (QED) is 0.555. The van der Waals surface area contributed by atoms with Crippen LogP contribution in [0.2, 0.25) is 5.02 Å². The first-order valence-corrected chi connectivity index (χ1v) is 9.89. The Morgan fingerprint density at radius 1 is 1.22 bits per heavy atom. The summed E-state index contributed by atoms with van der Waals surface area (Å²) in [6.07, 6.45) is 1.02. The van der Waals surface area contributed by atoms with Crippen LogP contribution in [0.5, 0.6) is 5.75 Å². The van der Waals surface area contributed by atoms with Gasteiger partial charge in [0.2, 0.25) is 0 Å². The van der Waals surface area contributed by atoms with Crippen LogP contribution in [0.25, 0.3) is 0 Å². The van der Waals surface area contributed by atoms with Crippen LogP contribution < -0.4 is 9.64 Å². The first-order valence-electron chi connectivity index (χ1n) is 8.64. The molecule has 1 amide bonds. The zero-order valence-electron chi connectivity index (χ0n) is 15.5. The van der Waals surface area contributed by atoms with Crippen molar-refractivity contribution in [1.82, 2.24) is 4.98 Å². The van der Waals surface area contributed by atoms with E-state index < -0.39 is 6.10 Å². The fourth-order valence-electron chi connectivity index (χ4n) is 2.79. The van der Waals surface area contributed by atoms with Crippen molar-refractivity contribution in [1.29, 1.82) is 0 Å². The Balaban J connectivity index is 1.82. The number of hydrogen-bond donors (Lipinski definition) is 0. The molecule has 6 heteroatoms. The first-order chi connectivity index (χ1) is 13.0. The number of aromatic nitrogens is 1. The number of carbonyl (C=O) groups is 1. The molecule has 0 saturated heterocycles. The number of rotatable bonds is 6. The van der Waals surface area contributed by atoms with E-state index in [-0.39, 0.29) is 5.91 Å². The third-order valence-corrected chi connectivity index (χ3v) is 5.61. The minimum atomic E-state index is -0.660. The van der Waals surface area contributed by atoms with Gasteiger partial charge in [-0.15, -0.1) is 11.3 Å². The maximum absolute atomic E-state index is 13.2. The summed E-state index contributed by atoms with van der Waals surface area (Å²) in [6, 6.07) is 13.2. The molecule has 2 heterocycles. The second kappa shape index (κ2) is 8.55. The number of nitrogens with zero attached hydrogens (tertiary/aromatic N) is 2. The monoisotopic (exact) mass is 400 g/mol. The highest BCUT2D eigenvalue weighted by atomic mass is 35.5. The molecule has 3 aromatic rings. The summed E-state index contributed by atoms with van der Waals surface area (Å²) in [6.45, 7) is 6.06. The van der Waals surface area contributed by atoms with E-state index in [0.717, 1.165) is 16.0 Å². The molecule has 0 aliphatic rings. The molecule has 3 rings (SSSR count). The smallest absolute Gasteiger partial charge is 0.269 e. The lowest BCUT2D eigenvalue weighted by atomic mass is 10.1. The highest BCUT2D eigenvalue weighted by Gasteiger charge is 2.25. The third kappa shape index (κ3) is 4.67. The number of halogens is 1. The van der Waals surface area contributed by atoms with Crippen molar-refractivity contribution in [2.24, 2.45) is 0 Å². The number of pyridine rings is 1. The Hall–Kier alpha value is -2.37. The number of amides is 1. The molecular weight excluding hydrogens is 380 g/mol. The van der Waals surface area contributed by atoms with Crippen molar-refractivity contribution in [3.05, 3.63) is 75.1 Å². The van der Waals surface area contributed by atoms with Crippen LogP contribution >= 0.6 is 22.9 Å². The SMILES string of the molecule is Cc1cc(O[C@H](C)C(=O)N(Cc2cccs2)c2ccccn2)cc(C)c1Cl. The first kappa shape index (κ1) is 19.4. The van der Waals surface area contributed by atoms with Gasteiger partial charge in [0.05, 0.1) is 6.54 Å². The highest BCUT2D eigenvalue weighted by Crippen LogP contribution is 2.27. The minimum absolute atomic E-state index is 0.146. The van der Waals surface area contributed by atoms with E-state index in [1.807, 2.05) is 61.7 Å². The maximum Gasteiger partial charge on any atom is 0.269 e. The molecule has 1 aromatic carbocycles. The van der Waals surface area contributed by atoms with Gasteiger partial charge in [-0.25, -0.2) is 4.98 Å². The summed E-state index contributed by atoms with van der Waals surface area (Å²) in [7, 11) is 0. The van der Waals surface area contributed by atoms with Crippen molar-refractivity contribution in [2.75, 3.05) is 4.90 Å². The van der Waals surface area contributed by atoms with E-state index in [1.54, 1.807) is 29.4 Å². The van der Waals surface area contributed by atoms with Crippen LogP contribution in [0, 0.1) is 13.8 Å². The summed E-state index contributed by atoms with van der Waals surface area (Å²) < 4.78 is 5.94. The van der Waals surface area contributed by atoms with E-state index in [0.29, 0.717) is 23.1 Å². The fourth-order valence-corrected chi connectivity index (χ4v) is 3.59. The molecule has 0 unspecified atom stereocenters. The van der Waals surface area contributed by atoms with E-state index in [2.05, 4.69) is 4.98 Å². The minimum Gasteiger partial charge on any atom is -0.481 e. The van der Waals surface area contributed by atoms with Crippen LogP contribution in [0.15, 0.2) is 54.0 Å². The predicted octanol–water partition coefficient (Wildman–Crippen LogP) is 5.41. The fraction of sp³-hybridized carbons (Fsp3) is 0.238. The number of aryl methyl sites for hydroxylation is 2. The predicted molar refractivity (Wildman–Crippen MR) is 111 cm³/mol. The molecule has 0 fully saturated rings. The average molecular weight is 401 g/mol. The van der Waals surface area contributed by atoms with Gasteiger partial charge in [0.25, 0.3) is 5.91 Å². The summed E-state index contributed by atoms with van der Waals surface area (Å²) in [4.78, 5) is 20.2. The lowest BCUT2D eigenvalue weighted by Gasteiger charge is -2.25. The Morgan fingerprint density at radius 2 is 1.96 bits per heavy atom. The normalized spacial score (nSPS) is 11.9. The Kier molecular flexibility index (Phi) is 6.14. The summed E-state index contributed by atoms with van der Waals surface area (Å²) in [5.74, 6) is 1.09. The van der Waals surface area contributed by atoms with Gasteiger partial charge in [-0.3, -0.25) is 9.69 Å². The van der Waals surface area contributed by atoms with E-state index in [1.165, 1.54) is 0 Å². The van der Waals surface area contributed by atoms with Gasteiger partial charge >= 0.3 is 0 Å². The van der Waals surface area contributed by atoms with Gasteiger partial charge < -0.3 is 4.74 Å². The average Bonchev–Trinajstić information content (AvgIpc) is 3.17. The number of hydrogen-bond acceptors (Lipinski definition) is 4. The summed E-state index contributed by atoms with van der Waals surface area (Å²) in [5.41, 5.74) is 1.85.